The third-order valence-electron chi connectivity index (χ3n) is 1.92. The van der Waals surface area contributed by atoms with Crippen LogP contribution >= 0.6 is 0 Å². The number of nitrogens with zero attached hydrogens (tertiary/aromatic N) is 2. The molecule has 0 aliphatic carbocycles. The van der Waals surface area contributed by atoms with Gasteiger partial charge in [0.25, 0.3) is 0 Å². The van der Waals surface area contributed by atoms with Crippen molar-refractivity contribution in [1.29, 1.82) is 0 Å². The molecule has 2 rings (SSSR count). The van der Waals surface area contributed by atoms with E-state index in [1.165, 1.54) is 0 Å². The Kier molecular flexibility index (Phi) is 21.5. The number of rotatable bonds is 1. The average molecular weight is 1440 g/mol. The van der Waals surface area contributed by atoms with Crippen molar-refractivity contribution in [2.24, 2.45) is 0 Å². The van der Waals surface area contributed by atoms with E-state index >= 15 is 0 Å². The summed E-state index contributed by atoms with van der Waals surface area (Å²) in [6.45, 7) is 4.28. The number of fused-ring (bicyclic) bond motifs is 1. The van der Waals surface area contributed by atoms with E-state index in [-0.39, 0.29) is 81.7 Å². The number of aromatic nitrogens is 2. The maximum Gasteiger partial charge on any atom is 0.00521 e. The van der Waals surface area contributed by atoms with Crippen molar-refractivity contribution in [3.05, 3.63) is 24.7 Å². The van der Waals surface area contributed by atoms with E-state index in [0.717, 1.165) is 10.9 Å². The minimum absolute atomic E-state index is 0. The van der Waals surface area contributed by atoms with E-state index in [1.807, 2.05) is 18.5 Å². The van der Waals surface area contributed by atoms with Crippen LogP contribution in [0.2, 0.25) is 0 Å². The predicted octanol–water partition coefficient (Wildman–Crippen LogP) is 2.48. The van der Waals surface area contributed by atoms with Crippen molar-refractivity contribution in [2.45, 2.75) is 19.9 Å². The molecule has 0 bridgehead atoms. The van der Waals surface area contributed by atoms with Crippen LogP contribution in [0.3, 0.4) is 0 Å². The Labute approximate surface area is 150 Å². The molecule has 9 heteroatoms. The molecule has 98 valence electrons. The smallest absolute Gasteiger partial charge is 0.00521 e. The van der Waals surface area contributed by atoms with Crippen molar-refractivity contribution in [2.75, 3.05) is 0 Å². The van der Waals surface area contributed by atoms with Crippen LogP contribution in [0.5, 0.6) is 0 Å². The molecule has 0 aromatic carbocycles. The normalized spacial score (nSPS) is 7.50. The monoisotopic (exact) mass is 1450 g/mol. The van der Waals surface area contributed by atoms with Gasteiger partial charge in [0.1, 0.15) is 0 Å². The maximum absolute atomic E-state index is 4.84. The van der Waals surface area contributed by atoms with Crippen molar-refractivity contribution >= 4 is 10.9 Å². The van der Waals surface area contributed by atoms with Crippen LogP contribution in [0, 0.1) is 0 Å². The van der Waals surface area contributed by atoms with Crippen LogP contribution in [0.25, 0.3) is 10.9 Å². The topological polar surface area (TPSA) is 31.0 Å². The summed E-state index contributed by atoms with van der Waals surface area (Å²) in [6, 6.07) is 2.43. The van der Waals surface area contributed by atoms with Crippen LogP contribution in [-0.4, -0.2) is 9.72 Å². The summed E-state index contributed by atoms with van der Waals surface area (Å²) in [4.78, 5) is 0. The van der Waals surface area contributed by atoms with Crippen molar-refractivity contribution < 1.29 is 86.2 Å². The third kappa shape index (κ3) is 6.27. The summed E-state index contributed by atoms with van der Waals surface area (Å²) in [5.41, 5.74) is 0.909. The molecule has 0 atom stereocenters. The van der Waals surface area contributed by atoms with Gasteiger partial charge in [-0.3, -0.25) is 16.9 Å². The molecule has 2 heterocycles. The van der Waals surface area contributed by atoms with Gasteiger partial charge in [-0.1, -0.05) is 0 Å². The summed E-state index contributed by atoms with van der Waals surface area (Å²) in [6.07, 6.45) is 5.71. The first-order valence-electron chi connectivity index (χ1n) is 4.02. The van der Waals surface area contributed by atoms with Crippen LogP contribution in [0.15, 0.2) is 29.2 Å². The molecule has 0 saturated carbocycles. The molecule has 3 nitrogen and oxygen atoms in total. The first-order chi connectivity index (χ1) is 5.77. The second-order valence-corrected chi connectivity index (χ2v) is 3.14. The zero-order chi connectivity index (χ0) is 8.55. The number of pyridine rings is 1. The first-order valence-corrected chi connectivity index (χ1v) is 4.02. The molecule has 2 aromatic rings. The molecule has 0 N–H and O–H groups in total. The fourth-order valence-corrected chi connectivity index (χ4v) is 1.16. The standard InChI is InChI=1S/C9H11N2O.4Re.2Rf/c1-7(2)11-4-3-9-8(5-11)6-12-10-9;;;;;;/h3-7H,1-2H3;;;;;;/q-3;;;;;;. The molecule has 0 amide bonds. The Morgan fingerprint density at radius 2 is 1.72 bits per heavy atom. The van der Waals surface area contributed by atoms with Gasteiger partial charge in [-0.05, 0) is 19.9 Å². The van der Waals surface area contributed by atoms with Crippen molar-refractivity contribution in [1.82, 2.24) is 9.72 Å². The molecule has 0 aliphatic heterocycles. The maximum atomic E-state index is 4.84. The van der Waals surface area contributed by atoms with Gasteiger partial charge in [-0.2, -0.15) is 0 Å². The molecular formula is C9H11N2ORe4Rf2-3. The second-order valence-electron chi connectivity index (χ2n) is 3.14. The minimum Gasteiger partial charge on any atom is -0.591 e. The summed E-state index contributed by atoms with van der Waals surface area (Å²) in [5, 5.41) is 4.88. The van der Waals surface area contributed by atoms with Gasteiger partial charge in [0.05, 0.1) is 0 Å². The van der Waals surface area contributed by atoms with Gasteiger partial charge in [-0.25, -0.2) is 0 Å². The Bertz CT molecular complexity index is 414. The Balaban J connectivity index is -0.0000000939. The zero-order valence-corrected chi connectivity index (χ0v) is 33.8. The molecule has 2 aromatic heterocycles. The van der Waals surface area contributed by atoms with Gasteiger partial charge >= 0.3 is 0 Å². The van der Waals surface area contributed by atoms with E-state index in [9.17, 15) is 0 Å². The Morgan fingerprint density at radius 1 is 1.17 bits per heavy atom. The van der Waals surface area contributed by atoms with E-state index in [0.29, 0.717) is 6.04 Å². The Morgan fingerprint density at radius 3 is 2.22 bits per heavy atom. The van der Waals surface area contributed by atoms with Gasteiger partial charge in [0.2, 0.25) is 0 Å². The quantitative estimate of drug-likeness (QED) is 0.412. The van der Waals surface area contributed by atoms with Gasteiger partial charge < -0.3 is 26.7 Å². The Hall–Kier alpha value is -0.731. The molecule has 0 saturated heterocycles. The third-order valence-corrected chi connectivity index (χ3v) is 1.92. The molecule has 0 fully saturated rings. The minimum atomic E-state index is 0. The number of hydrogen-bond acceptors (Lipinski definition) is 2. The molecule has 0 aliphatic rings. The summed E-state index contributed by atoms with van der Waals surface area (Å²) < 4.78 is 6.96. The van der Waals surface area contributed by atoms with E-state index in [4.69, 9.17) is 4.52 Å². The summed E-state index contributed by atoms with van der Waals surface area (Å²) >= 11 is 0. The SMILES string of the molecule is CC(C)n1[cH-][cH-]c2nocc2[cH-]1.[Re].[Re].[Re].[Re].[Rf].[Rf]. The fourth-order valence-electron chi connectivity index (χ4n) is 1.16. The summed E-state index contributed by atoms with van der Waals surface area (Å²) in [7, 11) is 0. The van der Waals surface area contributed by atoms with Crippen LogP contribution in [-0.2, 0) is 81.7 Å². The average Bonchev–Trinajstić information content (AvgIpc) is 2.49. The summed E-state index contributed by atoms with van der Waals surface area (Å²) in [5.74, 6) is 0. The van der Waals surface area contributed by atoms with Gasteiger partial charge in [-0.15, -0.1) is 0 Å². The molecule has 0 unspecified atom stereocenters. The van der Waals surface area contributed by atoms with Crippen molar-refractivity contribution in [3.63, 3.8) is 0 Å². The predicted molar refractivity (Wildman–Crippen MR) is 46.8 cm³/mol. The first kappa shape index (κ1) is 30.4. The number of hydrogen-bond donors (Lipinski definition) is 0. The van der Waals surface area contributed by atoms with E-state index in [2.05, 4.69) is 23.6 Å². The largest absolute Gasteiger partial charge is 0.591 e. The van der Waals surface area contributed by atoms with Crippen LogP contribution < -0.4 is 0 Å². The van der Waals surface area contributed by atoms with Crippen molar-refractivity contribution in [3.8, 4) is 0 Å². The van der Waals surface area contributed by atoms with E-state index < -0.39 is 0 Å². The molecule has 18 heavy (non-hydrogen) atoms. The van der Waals surface area contributed by atoms with Crippen LogP contribution in [0.1, 0.15) is 19.9 Å². The fraction of sp³-hybridized carbons (Fsp3) is 0.333. The van der Waals surface area contributed by atoms with Crippen LogP contribution in [0.4, 0.5) is 0 Å². The van der Waals surface area contributed by atoms with Gasteiger partial charge in [0.15, 0.2) is 0 Å². The second kappa shape index (κ2) is 12.7. The molecule has 0 spiro atoms. The van der Waals surface area contributed by atoms with E-state index in [1.54, 1.807) is 6.26 Å². The molecule has 4 radical (unpaired) electrons. The van der Waals surface area contributed by atoms with Gasteiger partial charge in [0, 0.05) is 88.0 Å². The molecular weight excluding hydrogens is 1430 g/mol. The zero-order valence-electron chi connectivity index (χ0n) is 10.1.